The van der Waals surface area contributed by atoms with Gasteiger partial charge in [0.1, 0.15) is 12.2 Å². The van der Waals surface area contributed by atoms with E-state index in [1.165, 1.54) is 7.11 Å². The zero-order valence-corrected chi connectivity index (χ0v) is 12.3. The van der Waals surface area contributed by atoms with Crippen LogP contribution < -0.4 is 5.32 Å². The number of nitrogens with one attached hydrogen (secondary N) is 1. The highest BCUT2D eigenvalue weighted by atomic mass is 79.9. The second-order valence-corrected chi connectivity index (χ2v) is 5.14. The van der Waals surface area contributed by atoms with Gasteiger partial charge in [-0.2, -0.15) is 4.39 Å². The van der Waals surface area contributed by atoms with Crippen molar-refractivity contribution in [2.75, 3.05) is 19.0 Å². The van der Waals surface area contributed by atoms with E-state index < -0.39 is 22.4 Å². The van der Waals surface area contributed by atoms with E-state index in [9.17, 15) is 19.3 Å². The van der Waals surface area contributed by atoms with Crippen molar-refractivity contribution < 1.29 is 18.8 Å². The van der Waals surface area contributed by atoms with Crippen LogP contribution in [-0.2, 0) is 22.4 Å². The van der Waals surface area contributed by atoms with Gasteiger partial charge < -0.3 is 10.1 Å². The van der Waals surface area contributed by atoms with Crippen molar-refractivity contribution in [2.45, 2.75) is 19.3 Å². The van der Waals surface area contributed by atoms with E-state index in [-0.39, 0.29) is 16.7 Å². The highest BCUT2D eigenvalue weighted by Crippen LogP contribution is 2.43. The summed E-state index contributed by atoms with van der Waals surface area (Å²) in [5, 5.41) is 13.7. The fraction of sp³-hybridized carbons (Fsp3) is 0.417. The number of fused-ring (bicyclic) bond motifs is 1. The third kappa shape index (κ3) is 2.47. The Morgan fingerprint density at radius 1 is 1.50 bits per heavy atom. The molecule has 0 saturated heterocycles. The van der Waals surface area contributed by atoms with Gasteiger partial charge in [-0.3, -0.25) is 14.9 Å². The van der Waals surface area contributed by atoms with Gasteiger partial charge in [0.05, 0.1) is 16.5 Å². The smallest absolute Gasteiger partial charge is 0.329 e. The normalized spacial score (nSPS) is 12.9. The number of hydrogen-bond donors (Lipinski definition) is 1. The van der Waals surface area contributed by atoms with Gasteiger partial charge in [0.2, 0.25) is 5.82 Å². The molecule has 20 heavy (non-hydrogen) atoms. The van der Waals surface area contributed by atoms with Crippen LogP contribution >= 0.6 is 15.9 Å². The van der Waals surface area contributed by atoms with Crippen molar-refractivity contribution in [3.8, 4) is 0 Å². The summed E-state index contributed by atoms with van der Waals surface area (Å²) in [5.41, 5.74) is 0.851. The number of hydrogen-bond acceptors (Lipinski definition) is 5. The number of methoxy groups -OCH3 is 1. The van der Waals surface area contributed by atoms with E-state index in [0.29, 0.717) is 18.4 Å². The summed E-state index contributed by atoms with van der Waals surface area (Å²) >= 11 is 3.08. The van der Waals surface area contributed by atoms with Crippen LogP contribution in [0.15, 0.2) is 4.47 Å². The predicted molar refractivity (Wildman–Crippen MR) is 73.3 cm³/mol. The van der Waals surface area contributed by atoms with Crippen molar-refractivity contribution >= 4 is 33.3 Å². The Kier molecular flexibility index (Phi) is 4.22. The lowest BCUT2D eigenvalue weighted by Gasteiger charge is -2.13. The molecule has 1 aliphatic rings. The van der Waals surface area contributed by atoms with E-state index in [1.807, 2.05) is 0 Å². The van der Waals surface area contributed by atoms with Crippen LogP contribution in [-0.4, -0.2) is 24.5 Å². The number of esters is 1. The lowest BCUT2D eigenvalue weighted by molar-refractivity contribution is -0.386. The minimum absolute atomic E-state index is 0.0774. The third-order valence-corrected chi connectivity index (χ3v) is 4.07. The maximum atomic E-state index is 14.1. The molecule has 2 rings (SSSR count). The number of nitrogens with zero attached hydrogens (tertiary/aromatic N) is 1. The molecule has 1 aromatic carbocycles. The molecular weight excluding hydrogens is 335 g/mol. The van der Waals surface area contributed by atoms with Gasteiger partial charge >= 0.3 is 11.7 Å². The lowest BCUT2D eigenvalue weighted by atomic mass is 10.1. The Labute approximate surface area is 122 Å². The van der Waals surface area contributed by atoms with Crippen LogP contribution in [0.1, 0.15) is 17.5 Å². The van der Waals surface area contributed by atoms with Gasteiger partial charge in [0, 0.05) is 0 Å². The molecule has 0 aliphatic heterocycles. The Hall–Kier alpha value is -1.70. The molecule has 108 valence electrons. The highest BCUT2D eigenvalue weighted by Gasteiger charge is 2.32. The van der Waals surface area contributed by atoms with Gasteiger partial charge in [0.25, 0.3) is 0 Å². The Bertz CT molecular complexity index is 592. The first-order chi connectivity index (χ1) is 9.47. The first kappa shape index (κ1) is 14.7. The van der Waals surface area contributed by atoms with E-state index in [4.69, 9.17) is 0 Å². The molecule has 0 spiro atoms. The third-order valence-electron chi connectivity index (χ3n) is 3.24. The number of anilines is 1. The fourth-order valence-electron chi connectivity index (χ4n) is 2.35. The van der Waals surface area contributed by atoms with Crippen LogP contribution in [0.3, 0.4) is 0 Å². The van der Waals surface area contributed by atoms with Crippen LogP contribution in [0.2, 0.25) is 0 Å². The zero-order chi connectivity index (χ0) is 14.9. The molecule has 1 aromatic rings. The summed E-state index contributed by atoms with van der Waals surface area (Å²) in [6.07, 6.45) is 2.05. The molecule has 0 radical (unpaired) electrons. The number of carbonyl (C=O) groups excluding carboxylic acids is 1. The molecule has 0 fully saturated rings. The molecule has 1 N–H and O–H groups in total. The monoisotopic (exact) mass is 346 g/mol. The predicted octanol–water partition coefficient (Wildman–Crippen LogP) is 2.57. The van der Waals surface area contributed by atoms with Gasteiger partial charge in [0.15, 0.2) is 0 Å². The summed E-state index contributed by atoms with van der Waals surface area (Å²) in [7, 11) is 1.21. The molecule has 0 bridgehead atoms. The Morgan fingerprint density at radius 3 is 2.75 bits per heavy atom. The molecule has 1 aliphatic carbocycles. The van der Waals surface area contributed by atoms with E-state index >= 15 is 0 Å². The van der Waals surface area contributed by atoms with Crippen LogP contribution in [0.5, 0.6) is 0 Å². The second kappa shape index (κ2) is 5.74. The molecule has 0 aromatic heterocycles. The average Bonchev–Trinajstić information content (AvgIpc) is 2.89. The van der Waals surface area contributed by atoms with Gasteiger partial charge in [-0.05, 0) is 46.3 Å². The Balaban J connectivity index is 2.52. The fourth-order valence-corrected chi connectivity index (χ4v) is 2.97. The van der Waals surface area contributed by atoms with Gasteiger partial charge in [-0.25, -0.2) is 0 Å². The summed E-state index contributed by atoms with van der Waals surface area (Å²) in [4.78, 5) is 21.5. The molecular formula is C12H12BrFN2O4. The number of carbonyl (C=O) groups is 1. The van der Waals surface area contributed by atoms with E-state index in [0.717, 1.165) is 12.0 Å². The number of benzene rings is 1. The Morgan fingerprint density at radius 2 is 2.15 bits per heavy atom. The number of nitro groups is 1. The zero-order valence-electron chi connectivity index (χ0n) is 10.7. The summed E-state index contributed by atoms with van der Waals surface area (Å²) in [6, 6.07) is 0. The van der Waals surface area contributed by atoms with Crippen molar-refractivity contribution in [3.63, 3.8) is 0 Å². The quantitative estimate of drug-likeness (QED) is 0.514. The largest absolute Gasteiger partial charge is 0.468 e. The molecule has 8 heteroatoms. The summed E-state index contributed by atoms with van der Waals surface area (Å²) < 4.78 is 18.7. The number of ether oxygens (including phenoxy) is 1. The molecule has 0 unspecified atom stereocenters. The van der Waals surface area contributed by atoms with E-state index in [2.05, 4.69) is 26.0 Å². The van der Waals surface area contributed by atoms with Crippen molar-refractivity contribution in [1.29, 1.82) is 0 Å². The second-order valence-electron chi connectivity index (χ2n) is 4.35. The lowest BCUT2D eigenvalue weighted by Crippen LogP contribution is -2.17. The first-order valence-electron chi connectivity index (χ1n) is 5.95. The molecule has 6 nitrogen and oxygen atoms in total. The highest BCUT2D eigenvalue weighted by molar-refractivity contribution is 9.10. The van der Waals surface area contributed by atoms with Crippen molar-refractivity contribution in [2.24, 2.45) is 0 Å². The molecule has 0 saturated carbocycles. The van der Waals surface area contributed by atoms with Crippen molar-refractivity contribution in [3.05, 3.63) is 31.5 Å². The maximum absolute atomic E-state index is 14.1. The van der Waals surface area contributed by atoms with Crippen LogP contribution in [0.4, 0.5) is 15.8 Å². The minimum Gasteiger partial charge on any atom is -0.468 e. The number of rotatable bonds is 4. The molecule has 0 atom stereocenters. The number of halogens is 2. The first-order valence-corrected chi connectivity index (χ1v) is 6.74. The summed E-state index contributed by atoms with van der Waals surface area (Å²) in [6.45, 7) is -0.245. The minimum atomic E-state index is -0.914. The van der Waals surface area contributed by atoms with Crippen molar-refractivity contribution in [1.82, 2.24) is 0 Å². The van der Waals surface area contributed by atoms with E-state index in [1.54, 1.807) is 0 Å². The standard InChI is InChI=1S/C12H12BrFN2O4/c1-20-8(17)5-15-11-7-4-2-3-6(7)9(13)10(14)12(11)16(18)19/h15H,2-5H2,1H3. The molecule has 0 amide bonds. The topological polar surface area (TPSA) is 81.5 Å². The van der Waals surface area contributed by atoms with Gasteiger partial charge in [-0.1, -0.05) is 0 Å². The SMILES string of the molecule is COC(=O)CNc1c2c(c(Br)c(F)c1[N+](=O)[O-])CCC2. The molecule has 0 heterocycles. The summed E-state index contributed by atoms with van der Waals surface area (Å²) in [5.74, 6) is -1.49. The average molecular weight is 347 g/mol. The van der Waals surface area contributed by atoms with Crippen LogP contribution in [0.25, 0.3) is 0 Å². The number of nitro benzene ring substituents is 1. The maximum Gasteiger partial charge on any atom is 0.329 e. The van der Waals surface area contributed by atoms with Crippen LogP contribution in [0, 0.1) is 15.9 Å². The van der Waals surface area contributed by atoms with Gasteiger partial charge in [-0.15, -0.1) is 0 Å².